The minimum Gasteiger partial charge on any atom is -0.496 e. The largest absolute Gasteiger partial charge is 0.496 e. The Kier molecular flexibility index (Phi) is 6.39. The lowest BCUT2D eigenvalue weighted by atomic mass is 10.2. The molecule has 0 saturated heterocycles. The minimum absolute atomic E-state index is 0.0564. The Balaban J connectivity index is 2.23. The molecular weight excluding hydrogens is 308 g/mol. The molecule has 0 radical (unpaired) electrons. The number of H-pyrrole nitrogens is 1. The standard InChI is InChI=1S/C18H26N2O2S/c1-5-8-13(23-4)12-20(6-2)18(21)16-11-14-15(19-16)9-7-10-17(14)22-3/h7,9-11,13,19H,5-6,8,12H2,1-4H3. The molecule has 0 aliphatic carbocycles. The maximum absolute atomic E-state index is 12.8. The maximum Gasteiger partial charge on any atom is 0.270 e. The van der Waals surface area contributed by atoms with E-state index in [1.165, 1.54) is 0 Å². The van der Waals surface area contributed by atoms with Gasteiger partial charge < -0.3 is 14.6 Å². The summed E-state index contributed by atoms with van der Waals surface area (Å²) in [6, 6.07) is 7.70. The van der Waals surface area contributed by atoms with E-state index in [0.29, 0.717) is 17.5 Å². The van der Waals surface area contributed by atoms with Crippen LogP contribution in [0, 0.1) is 0 Å². The number of carbonyl (C=O) groups excluding carboxylic acids is 1. The van der Waals surface area contributed by atoms with Crippen molar-refractivity contribution in [2.75, 3.05) is 26.5 Å². The first-order valence-corrected chi connectivity index (χ1v) is 9.41. The molecule has 0 saturated carbocycles. The molecule has 1 atom stereocenters. The average Bonchev–Trinajstić information content (AvgIpc) is 3.02. The number of amides is 1. The lowest BCUT2D eigenvalue weighted by Crippen LogP contribution is -2.36. The van der Waals surface area contributed by atoms with Crippen molar-refractivity contribution in [3.63, 3.8) is 0 Å². The number of thioether (sulfide) groups is 1. The van der Waals surface area contributed by atoms with Crippen LogP contribution in [0.2, 0.25) is 0 Å². The summed E-state index contributed by atoms with van der Waals surface area (Å²) in [6.45, 7) is 5.72. The molecule has 1 aromatic carbocycles. The SMILES string of the molecule is CCCC(CN(CC)C(=O)c1cc2c(OC)cccc2[nH]1)SC. The number of rotatable bonds is 8. The summed E-state index contributed by atoms with van der Waals surface area (Å²) in [6.07, 6.45) is 4.39. The molecule has 2 aromatic rings. The Labute approximate surface area is 142 Å². The Bertz CT molecular complexity index is 654. The van der Waals surface area contributed by atoms with E-state index in [9.17, 15) is 4.79 Å². The monoisotopic (exact) mass is 334 g/mol. The summed E-state index contributed by atoms with van der Waals surface area (Å²) in [4.78, 5) is 18.0. The first-order chi connectivity index (χ1) is 11.1. The molecule has 0 spiro atoms. The second kappa shape index (κ2) is 8.29. The fraction of sp³-hybridized carbons (Fsp3) is 0.500. The fourth-order valence-corrected chi connectivity index (χ4v) is 3.60. The second-order valence-corrected chi connectivity index (χ2v) is 6.73. The summed E-state index contributed by atoms with van der Waals surface area (Å²) < 4.78 is 5.37. The molecule has 126 valence electrons. The molecule has 5 heteroatoms. The van der Waals surface area contributed by atoms with E-state index in [1.807, 2.05) is 47.9 Å². The third-order valence-electron chi connectivity index (χ3n) is 4.11. The van der Waals surface area contributed by atoms with E-state index in [-0.39, 0.29) is 5.91 Å². The van der Waals surface area contributed by atoms with E-state index in [4.69, 9.17) is 4.74 Å². The van der Waals surface area contributed by atoms with Crippen LogP contribution >= 0.6 is 11.8 Å². The Morgan fingerprint density at radius 2 is 2.17 bits per heavy atom. The molecular formula is C18H26N2O2S. The Morgan fingerprint density at radius 3 is 2.78 bits per heavy atom. The van der Waals surface area contributed by atoms with Crippen LogP contribution in [0.15, 0.2) is 24.3 Å². The van der Waals surface area contributed by atoms with Crippen molar-refractivity contribution in [1.82, 2.24) is 9.88 Å². The van der Waals surface area contributed by atoms with Crippen molar-refractivity contribution >= 4 is 28.6 Å². The van der Waals surface area contributed by atoms with Crippen LogP contribution in [0.1, 0.15) is 37.2 Å². The number of benzene rings is 1. The number of aromatic nitrogens is 1. The Hall–Kier alpha value is -1.62. The van der Waals surface area contributed by atoms with Crippen molar-refractivity contribution in [2.45, 2.75) is 31.9 Å². The van der Waals surface area contributed by atoms with Crippen molar-refractivity contribution in [3.05, 3.63) is 30.0 Å². The highest BCUT2D eigenvalue weighted by molar-refractivity contribution is 7.99. The number of nitrogens with zero attached hydrogens (tertiary/aromatic N) is 1. The van der Waals surface area contributed by atoms with Gasteiger partial charge in [0.05, 0.1) is 7.11 Å². The molecule has 1 unspecified atom stereocenters. The number of ether oxygens (including phenoxy) is 1. The van der Waals surface area contributed by atoms with Gasteiger partial charge in [0, 0.05) is 29.2 Å². The normalized spacial score (nSPS) is 12.3. The van der Waals surface area contributed by atoms with Gasteiger partial charge >= 0.3 is 0 Å². The smallest absolute Gasteiger partial charge is 0.270 e. The van der Waals surface area contributed by atoms with Crippen LogP contribution in [-0.4, -0.2) is 47.5 Å². The van der Waals surface area contributed by atoms with Gasteiger partial charge in [0.25, 0.3) is 5.91 Å². The van der Waals surface area contributed by atoms with Gasteiger partial charge in [0.2, 0.25) is 0 Å². The van der Waals surface area contributed by atoms with Gasteiger partial charge in [-0.1, -0.05) is 19.4 Å². The van der Waals surface area contributed by atoms with Crippen LogP contribution in [-0.2, 0) is 0 Å². The van der Waals surface area contributed by atoms with Crippen molar-refractivity contribution in [3.8, 4) is 5.75 Å². The number of hydrogen-bond acceptors (Lipinski definition) is 3. The topological polar surface area (TPSA) is 45.3 Å². The van der Waals surface area contributed by atoms with Gasteiger partial charge in [0.1, 0.15) is 11.4 Å². The molecule has 1 N–H and O–H groups in total. The predicted molar refractivity (Wildman–Crippen MR) is 98.6 cm³/mol. The molecule has 0 bridgehead atoms. The Morgan fingerprint density at radius 1 is 1.39 bits per heavy atom. The molecule has 1 amide bonds. The molecule has 4 nitrogen and oxygen atoms in total. The summed E-state index contributed by atoms with van der Waals surface area (Å²) in [5.74, 6) is 0.842. The average molecular weight is 334 g/mol. The summed E-state index contributed by atoms with van der Waals surface area (Å²) in [5.41, 5.74) is 1.56. The summed E-state index contributed by atoms with van der Waals surface area (Å²) in [7, 11) is 1.65. The first kappa shape index (κ1) is 17.7. The highest BCUT2D eigenvalue weighted by Gasteiger charge is 2.20. The lowest BCUT2D eigenvalue weighted by molar-refractivity contribution is 0.0759. The molecule has 2 rings (SSSR count). The van der Waals surface area contributed by atoms with Crippen LogP contribution in [0.5, 0.6) is 5.75 Å². The zero-order valence-electron chi connectivity index (χ0n) is 14.4. The molecule has 23 heavy (non-hydrogen) atoms. The van der Waals surface area contributed by atoms with E-state index >= 15 is 0 Å². The third kappa shape index (κ3) is 4.02. The molecule has 1 aromatic heterocycles. The van der Waals surface area contributed by atoms with Gasteiger partial charge in [-0.25, -0.2) is 0 Å². The minimum atomic E-state index is 0.0564. The van der Waals surface area contributed by atoms with E-state index in [2.05, 4.69) is 18.2 Å². The number of aromatic amines is 1. The predicted octanol–water partition coefficient (Wildman–Crippen LogP) is 4.17. The zero-order valence-corrected chi connectivity index (χ0v) is 15.2. The number of fused-ring (bicyclic) bond motifs is 1. The first-order valence-electron chi connectivity index (χ1n) is 8.12. The van der Waals surface area contributed by atoms with Gasteiger partial charge in [-0.2, -0.15) is 11.8 Å². The number of methoxy groups -OCH3 is 1. The zero-order chi connectivity index (χ0) is 16.8. The lowest BCUT2D eigenvalue weighted by Gasteiger charge is -2.25. The third-order valence-corrected chi connectivity index (χ3v) is 5.16. The highest BCUT2D eigenvalue weighted by Crippen LogP contribution is 2.26. The van der Waals surface area contributed by atoms with Crippen LogP contribution < -0.4 is 4.74 Å². The fourth-order valence-electron chi connectivity index (χ4n) is 2.80. The van der Waals surface area contributed by atoms with Crippen molar-refractivity contribution in [1.29, 1.82) is 0 Å². The summed E-state index contributed by atoms with van der Waals surface area (Å²) >= 11 is 1.84. The van der Waals surface area contributed by atoms with Gasteiger partial charge in [-0.15, -0.1) is 0 Å². The molecule has 0 aliphatic heterocycles. The second-order valence-electron chi connectivity index (χ2n) is 5.59. The van der Waals surface area contributed by atoms with Crippen LogP contribution in [0.4, 0.5) is 0 Å². The molecule has 0 aliphatic rings. The van der Waals surface area contributed by atoms with Gasteiger partial charge in [-0.3, -0.25) is 4.79 Å². The quantitative estimate of drug-likeness (QED) is 0.788. The maximum atomic E-state index is 12.8. The highest BCUT2D eigenvalue weighted by atomic mass is 32.2. The van der Waals surface area contributed by atoms with E-state index in [0.717, 1.165) is 36.0 Å². The van der Waals surface area contributed by atoms with E-state index < -0.39 is 0 Å². The number of nitrogens with one attached hydrogen (secondary N) is 1. The number of hydrogen-bond donors (Lipinski definition) is 1. The van der Waals surface area contributed by atoms with Crippen molar-refractivity contribution < 1.29 is 9.53 Å². The molecule has 1 heterocycles. The molecule has 0 fully saturated rings. The van der Waals surface area contributed by atoms with Crippen LogP contribution in [0.25, 0.3) is 10.9 Å². The van der Waals surface area contributed by atoms with E-state index in [1.54, 1.807) is 7.11 Å². The number of carbonyl (C=O) groups is 1. The summed E-state index contributed by atoms with van der Waals surface area (Å²) in [5, 5.41) is 1.44. The van der Waals surface area contributed by atoms with Gasteiger partial charge in [0.15, 0.2) is 0 Å². The van der Waals surface area contributed by atoms with Crippen LogP contribution in [0.3, 0.4) is 0 Å². The van der Waals surface area contributed by atoms with Gasteiger partial charge in [-0.05, 0) is 37.8 Å². The van der Waals surface area contributed by atoms with Crippen molar-refractivity contribution in [2.24, 2.45) is 0 Å².